The van der Waals surface area contributed by atoms with Crippen molar-refractivity contribution < 1.29 is 9.53 Å². The minimum atomic E-state index is -0.380. The fourth-order valence-electron chi connectivity index (χ4n) is 1.89. The zero-order chi connectivity index (χ0) is 14.5. The minimum absolute atomic E-state index is 0.380. The van der Waals surface area contributed by atoms with Gasteiger partial charge in [0.1, 0.15) is 0 Å². The third-order valence-electron chi connectivity index (χ3n) is 3.12. The summed E-state index contributed by atoms with van der Waals surface area (Å²) in [6, 6.07) is 13.1. The van der Waals surface area contributed by atoms with Gasteiger partial charge in [0.05, 0.1) is 24.0 Å². The molecule has 0 atom stereocenters. The van der Waals surface area contributed by atoms with Crippen LogP contribution in [0.5, 0.6) is 0 Å². The Labute approximate surface area is 118 Å². The van der Waals surface area contributed by atoms with Gasteiger partial charge in [0, 0.05) is 5.69 Å². The lowest BCUT2D eigenvalue weighted by Crippen LogP contribution is -2.04. The molecule has 0 unspecified atom stereocenters. The lowest BCUT2D eigenvalue weighted by atomic mass is 10.1. The predicted molar refractivity (Wildman–Crippen MR) is 81.3 cm³/mol. The Bertz CT molecular complexity index is 606. The molecule has 104 valence electrons. The van der Waals surface area contributed by atoms with Crippen LogP contribution in [0.1, 0.15) is 22.8 Å². The summed E-state index contributed by atoms with van der Waals surface area (Å²) >= 11 is 0. The molecular formula is C16H18N2O2. The number of benzene rings is 2. The molecule has 0 radical (unpaired) electrons. The van der Waals surface area contributed by atoms with Gasteiger partial charge in [-0.25, -0.2) is 4.79 Å². The SMILES string of the molecule is CCc1ccc(Nc2cc(C(=O)OC)ccc2N)cc1. The first kappa shape index (κ1) is 13.9. The Hall–Kier alpha value is -2.49. The van der Waals surface area contributed by atoms with Gasteiger partial charge in [-0.05, 0) is 42.3 Å². The molecule has 0 aromatic heterocycles. The number of nitrogen functional groups attached to an aromatic ring is 1. The third-order valence-corrected chi connectivity index (χ3v) is 3.12. The summed E-state index contributed by atoms with van der Waals surface area (Å²) in [6.45, 7) is 2.11. The molecule has 3 N–H and O–H groups in total. The van der Waals surface area contributed by atoms with E-state index in [1.165, 1.54) is 12.7 Å². The maximum atomic E-state index is 11.5. The summed E-state index contributed by atoms with van der Waals surface area (Å²) in [4.78, 5) is 11.5. The number of carbonyl (C=O) groups is 1. The lowest BCUT2D eigenvalue weighted by Gasteiger charge is -2.11. The standard InChI is InChI=1S/C16H18N2O2/c1-3-11-4-7-13(8-5-11)18-15-10-12(16(19)20-2)6-9-14(15)17/h4-10,18H,3,17H2,1-2H3. The molecule has 2 aromatic rings. The molecule has 0 heterocycles. The summed E-state index contributed by atoms with van der Waals surface area (Å²) in [7, 11) is 1.36. The van der Waals surface area contributed by atoms with Gasteiger partial charge < -0.3 is 15.8 Å². The van der Waals surface area contributed by atoms with Crippen molar-refractivity contribution in [2.45, 2.75) is 13.3 Å². The van der Waals surface area contributed by atoms with Gasteiger partial charge in [-0.1, -0.05) is 19.1 Å². The molecule has 0 aliphatic heterocycles. The number of carbonyl (C=O) groups excluding carboxylic acids is 1. The van der Waals surface area contributed by atoms with Crippen molar-refractivity contribution in [2.24, 2.45) is 0 Å². The van der Waals surface area contributed by atoms with E-state index in [4.69, 9.17) is 10.5 Å². The van der Waals surface area contributed by atoms with E-state index in [2.05, 4.69) is 24.4 Å². The summed E-state index contributed by atoms with van der Waals surface area (Å²) in [5, 5.41) is 3.21. The highest BCUT2D eigenvalue weighted by atomic mass is 16.5. The molecule has 2 aromatic carbocycles. The number of anilines is 3. The monoisotopic (exact) mass is 270 g/mol. The van der Waals surface area contributed by atoms with Gasteiger partial charge in [-0.2, -0.15) is 0 Å². The largest absolute Gasteiger partial charge is 0.465 e. The first-order chi connectivity index (χ1) is 9.63. The molecule has 0 aliphatic carbocycles. The lowest BCUT2D eigenvalue weighted by molar-refractivity contribution is 0.0601. The Morgan fingerprint density at radius 1 is 1.20 bits per heavy atom. The van der Waals surface area contributed by atoms with E-state index in [0.717, 1.165) is 12.1 Å². The Balaban J connectivity index is 2.25. The number of nitrogens with one attached hydrogen (secondary N) is 1. The Morgan fingerprint density at radius 3 is 2.50 bits per heavy atom. The van der Waals surface area contributed by atoms with Crippen molar-refractivity contribution in [3.63, 3.8) is 0 Å². The van der Waals surface area contributed by atoms with Gasteiger partial charge in [0.15, 0.2) is 0 Å². The van der Waals surface area contributed by atoms with E-state index >= 15 is 0 Å². The van der Waals surface area contributed by atoms with Gasteiger partial charge in [0.2, 0.25) is 0 Å². The van der Waals surface area contributed by atoms with Crippen LogP contribution in [0, 0.1) is 0 Å². The third kappa shape index (κ3) is 3.09. The second kappa shape index (κ2) is 6.10. The number of ether oxygens (including phenoxy) is 1. The summed E-state index contributed by atoms with van der Waals surface area (Å²) < 4.78 is 4.70. The predicted octanol–water partition coefficient (Wildman–Crippen LogP) is 3.36. The fraction of sp³-hybridized carbons (Fsp3) is 0.188. The first-order valence-electron chi connectivity index (χ1n) is 6.48. The van der Waals surface area contributed by atoms with Crippen LogP contribution in [0.2, 0.25) is 0 Å². The van der Waals surface area contributed by atoms with Crippen molar-refractivity contribution in [2.75, 3.05) is 18.2 Å². The zero-order valence-electron chi connectivity index (χ0n) is 11.6. The van der Waals surface area contributed by atoms with Crippen molar-refractivity contribution in [3.8, 4) is 0 Å². The topological polar surface area (TPSA) is 64.3 Å². The minimum Gasteiger partial charge on any atom is -0.465 e. The van der Waals surface area contributed by atoms with E-state index < -0.39 is 0 Å². The zero-order valence-corrected chi connectivity index (χ0v) is 11.6. The number of aryl methyl sites for hydroxylation is 1. The summed E-state index contributed by atoms with van der Waals surface area (Å²) in [5.41, 5.74) is 9.86. The van der Waals surface area contributed by atoms with E-state index in [-0.39, 0.29) is 5.97 Å². The molecule has 0 fully saturated rings. The van der Waals surface area contributed by atoms with Crippen molar-refractivity contribution >= 4 is 23.0 Å². The van der Waals surface area contributed by atoms with Gasteiger partial charge in [-0.3, -0.25) is 0 Å². The molecule has 0 spiro atoms. The van der Waals surface area contributed by atoms with Crippen molar-refractivity contribution in [1.29, 1.82) is 0 Å². The van der Waals surface area contributed by atoms with Crippen LogP contribution in [0.4, 0.5) is 17.1 Å². The number of esters is 1. The highest BCUT2D eigenvalue weighted by molar-refractivity contribution is 5.92. The number of hydrogen-bond acceptors (Lipinski definition) is 4. The molecule has 4 nitrogen and oxygen atoms in total. The summed E-state index contributed by atoms with van der Waals surface area (Å²) in [5.74, 6) is -0.380. The number of hydrogen-bond donors (Lipinski definition) is 2. The molecule has 0 saturated carbocycles. The van der Waals surface area contributed by atoms with E-state index in [9.17, 15) is 4.79 Å². The van der Waals surface area contributed by atoms with E-state index in [1.807, 2.05) is 12.1 Å². The first-order valence-corrected chi connectivity index (χ1v) is 6.48. The average molecular weight is 270 g/mol. The highest BCUT2D eigenvalue weighted by Gasteiger charge is 2.08. The van der Waals surface area contributed by atoms with Crippen molar-refractivity contribution in [1.82, 2.24) is 0 Å². The molecule has 2 rings (SSSR count). The normalized spacial score (nSPS) is 10.1. The molecule has 0 bridgehead atoms. The Morgan fingerprint density at radius 2 is 1.90 bits per heavy atom. The molecule has 0 saturated heterocycles. The molecular weight excluding hydrogens is 252 g/mol. The second-order valence-corrected chi connectivity index (χ2v) is 4.47. The van der Waals surface area contributed by atoms with Crippen molar-refractivity contribution in [3.05, 3.63) is 53.6 Å². The number of methoxy groups -OCH3 is 1. The van der Waals surface area contributed by atoms with Crippen LogP contribution in [0.15, 0.2) is 42.5 Å². The van der Waals surface area contributed by atoms with Crippen LogP contribution in [0.25, 0.3) is 0 Å². The van der Waals surface area contributed by atoms with Crippen LogP contribution < -0.4 is 11.1 Å². The Kier molecular flexibility index (Phi) is 4.25. The highest BCUT2D eigenvalue weighted by Crippen LogP contribution is 2.25. The van der Waals surface area contributed by atoms with Crippen LogP contribution in [-0.4, -0.2) is 13.1 Å². The van der Waals surface area contributed by atoms with Gasteiger partial charge in [-0.15, -0.1) is 0 Å². The smallest absolute Gasteiger partial charge is 0.337 e. The maximum absolute atomic E-state index is 11.5. The molecule has 20 heavy (non-hydrogen) atoms. The second-order valence-electron chi connectivity index (χ2n) is 4.47. The molecule has 4 heteroatoms. The van der Waals surface area contributed by atoms with E-state index in [1.54, 1.807) is 18.2 Å². The van der Waals surface area contributed by atoms with Gasteiger partial charge >= 0.3 is 5.97 Å². The maximum Gasteiger partial charge on any atom is 0.337 e. The molecule has 0 aliphatic rings. The fourth-order valence-corrected chi connectivity index (χ4v) is 1.89. The number of rotatable bonds is 4. The van der Waals surface area contributed by atoms with Gasteiger partial charge in [0.25, 0.3) is 0 Å². The van der Waals surface area contributed by atoms with E-state index in [0.29, 0.717) is 16.9 Å². The van der Waals surface area contributed by atoms with Crippen LogP contribution >= 0.6 is 0 Å². The van der Waals surface area contributed by atoms with Crippen LogP contribution in [0.3, 0.4) is 0 Å². The number of nitrogens with two attached hydrogens (primary N) is 1. The quantitative estimate of drug-likeness (QED) is 0.660. The average Bonchev–Trinajstić information content (AvgIpc) is 2.49. The summed E-state index contributed by atoms with van der Waals surface area (Å²) in [6.07, 6.45) is 1.00. The van der Waals surface area contributed by atoms with Crippen LogP contribution in [-0.2, 0) is 11.2 Å². The molecule has 0 amide bonds.